The van der Waals surface area contributed by atoms with Crippen LogP contribution >= 0.6 is 22.9 Å². The first-order chi connectivity index (χ1) is 9.24. The molecule has 2 aromatic rings. The molecule has 1 aromatic heterocycles. The van der Waals surface area contributed by atoms with Gasteiger partial charge in [-0.1, -0.05) is 23.7 Å². The minimum Gasteiger partial charge on any atom is -0.356 e. The van der Waals surface area contributed by atoms with Gasteiger partial charge in [-0.15, -0.1) is 11.3 Å². The average Bonchev–Trinajstić information content (AvgIpc) is 2.92. The minimum absolute atomic E-state index is 0.0733. The predicted octanol–water partition coefficient (Wildman–Crippen LogP) is 3.09. The van der Waals surface area contributed by atoms with Crippen LogP contribution in [-0.4, -0.2) is 17.4 Å². The zero-order valence-electron chi connectivity index (χ0n) is 10.4. The molecule has 2 rings (SSSR count). The monoisotopic (exact) mass is 294 g/mol. The number of hydrogen-bond donors (Lipinski definition) is 1. The van der Waals surface area contributed by atoms with Crippen molar-refractivity contribution in [3.8, 4) is 0 Å². The predicted molar refractivity (Wildman–Crippen MR) is 78.6 cm³/mol. The lowest BCUT2D eigenvalue weighted by molar-refractivity contribution is -0.121. The Morgan fingerprint density at radius 2 is 2.05 bits per heavy atom. The molecule has 1 amide bonds. The molecule has 19 heavy (non-hydrogen) atoms. The molecule has 0 aliphatic rings. The van der Waals surface area contributed by atoms with E-state index in [1.807, 2.05) is 29.6 Å². The van der Waals surface area contributed by atoms with Gasteiger partial charge in [0.15, 0.2) is 0 Å². The molecule has 1 aromatic carbocycles. The standard InChI is InChI=1S/C14H15ClN2OS/c15-12-3-1-11(2-4-12)7-8-16-13(18)5-6-14-17-9-10-19-14/h1-4,9-10H,5-8H2,(H,16,18). The second-order valence-electron chi connectivity index (χ2n) is 4.15. The summed E-state index contributed by atoms with van der Waals surface area (Å²) in [7, 11) is 0. The van der Waals surface area contributed by atoms with Crippen LogP contribution in [0.25, 0.3) is 0 Å². The Labute approximate surface area is 121 Å². The van der Waals surface area contributed by atoms with E-state index >= 15 is 0 Å². The summed E-state index contributed by atoms with van der Waals surface area (Å²) < 4.78 is 0. The van der Waals surface area contributed by atoms with Crippen LogP contribution in [0.1, 0.15) is 17.0 Å². The maximum Gasteiger partial charge on any atom is 0.220 e. The largest absolute Gasteiger partial charge is 0.356 e. The highest BCUT2D eigenvalue weighted by molar-refractivity contribution is 7.09. The molecule has 0 atom stereocenters. The molecular formula is C14H15ClN2OS. The van der Waals surface area contributed by atoms with Crippen molar-refractivity contribution in [1.82, 2.24) is 10.3 Å². The number of nitrogens with zero attached hydrogens (tertiary/aromatic N) is 1. The lowest BCUT2D eigenvalue weighted by atomic mass is 10.1. The minimum atomic E-state index is 0.0733. The van der Waals surface area contributed by atoms with E-state index in [4.69, 9.17) is 11.6 Å². The SMILES string of the molecule is O=C(CCc1nccs1)NCCc1ccc(Cl)cc1. The quantitative estimate of drug-likeness (QED) is 0.889. The summed E-state index contributed by atoms with van der Waals surface area (Å²) >= 11 is 7.39. The van der Waals surface area contributed by atoms with Crippen molar-refractivity contribution in [2.75, 3.05) is 6.54 Å². The molecule has 0 aliphatic heterocycles. The lowest BCUT2D eigenvalue weighted by Crippen LogP contribution is -2.25. The molecule has 5 heteroatoms. The zero-order chi connectivity index (χ0) is 13.5. The van der Waals surface area contributed by atoms with E-state index in [-0.39, 0.29) is 5.91 Å². The average molecular weight is 295 g/mol. The van der Waals surface area contributed by atoms with E-state index in [1.54, 1.807) is 17.5 Å². The number of thiazole rings is 1. The fourth-order valence-electron chi connectivity index (χ4n) is 1.68. The van der Waals surface area contributed by atoms with Gasteiger partial charge in [0.1, 0.15) is 0 Å². The van der Waals surface area contributed by atoms with Crippen LogP contribution in [0.2, 0.25) is 5.02 Å². The van der Waals surface area contributed by atoms with Gasteiger partial charge in [0, 0.05) is 36.0 Å². The zero-order valence-corrected chi connectivity index (χ0v) is 12.0. The molecule has 0 bridgehead atoms. The molecule has 3 nitrogen and oxygen atoms in total. The molecule has 0 unspecified atom stereocenters. The first-order valence-corrected chi connectivity index (χ1v) is 7.39. The Kier molecular flexibility index (Phi) is 5.36. The molecule has 1 heterocycles. The van der Waals surface area contributed by atoms with Gasteiger partial charge in [0.2, 0.25) is 5.91 Å². The molecule has 0 saturated carbocycles. The van der Waals surface area contributed by atoms with Crippen LogP contribution in [0.3, 0.4) is 0 Å². The first-order valence-electron chi connectivity index (χ1n) is 6.13. The van der Waals surface area contributed by atoms with Gasteiger partial charge in [-0.05, 0) is 24.1 Å². The summed E-state index contributed by atoms with van der Waals surface area (Å²) in [6.07, 6.45) is 3.79. The van der Waals surface area contributed by atoms with E-state index < -0.39 is 0 Å². The highest BCUT2D eigenvalue weighted by Crippen LogP contribution is 2.09. The highest BCUT2D eigenvalue weighted by atomic mass is 35.5. The van der Waals surface area contributed by atoms with Crippen molar-refractivity contribution in [2.45, 2.75) is 19.3 Å². The van der Waals surface area contributed by atoms with Gasteiger partial charge in [0.05, 0.1) is 5.01 Å². The van der Waals surface area contributed by atoms with Crippen LogP contribution in [0.4, 0.5) is 0 Å². The molecule has 0 fully saturated rings. The van der Waals surface area contributed by atoms with Crippen LogP contribution in [0, 0.1) is 0 Å². The third kappa shape index (κ3) is 5.01. The highest BCUT2D eigenvalue weighted by Gasteiger charge is 2.03. The van der Waals surface area contributed by atoms with Gasteiger partial charge in [-0.25, -0.2) is 4.98 Å². The van der Waals surface area contributed by atoms with E-state index in [9.17, 15) is 4.79 Å². The number of rotatable bonds is 6. The lowest BCUT2D eigenvalue weighted by Gasteiger charge is -2.05. The molecule has 1 N–H and O–H groups in total. The van der Waals surface area contributed by atoms with Crippen molar-refractivity contribution >= 4 is 28.8 Å². The Morgan fingerprint density at radius 3 is 2.74 bits per heavy atom. The number of aryl methyl sites for hydroxylation is 1. The molecule has 0 spiro atoms. The van der Waals surface area contributed by atoms with Crippen molar-refractivity contribution in [1.29, 1.82) is 0 Å². The Morgan fingerprint density at radius 1 is 1.26 bits per heavy atom. The topological polar surface area (TPSA) is 42.0 Å². The molecule has 0 radical (unpaired) electrons. The van der Waals surface area contributed by atoms with Gasteiger partial charge >= 0.3 is 0 Å². The van der Waals surface area contributed by atoms with E-state index in [2.05, 4.69) is 10.3 Å². The second-order valence-corrected chi connectivity index (χ2v) is 5.57. The number of benzene rings is 1. The van der Waals surface area contributed by atoms with Crippen molar-refractivity contribution in [3.63, 3.8) is 0 Å². The molecule has 100 valence electrons. The van der Waals surface area contributed by atoms with Gasteiger partial charge in [-0.3, -0.25) is 4.79 Å². The Bertz CT molecular complexity index is 511. The number of nitrogens with one attached hydrogen (secondary N) is 1. The number of halogens is 1. The van der Waals surface area contributed by atoms with Gasteiger partial charge < -0.3 is 5.32 Å². The van der Waals surface area contributed by atoms with Crippen LogP contribution in [0.5, 0.6) is 0 Å². The van der Waals surface area contributed by atoms with Crippen molar-refractivity contribution in [2.24, 2.45) is 0 Å². The van der Waals surface area contributed by atoms with Gasteiger partial charge in [-0.2, -0.15) is 0 Å². The summed E-state index contributed by atoms with van der Waals surface area (Å²) in [5.41, 5.74) is 1.17. The molecular weight excluding hydrogens is 280 g/mol. The normalized spacial score (nSPS) is 10.4. The van der Waals surface area contributed by atoms with Crippen LogP contribution < -0.4 is 5.32 Å². The summed E-state index contributed by atoms with van der Waals surface area (Å²) in [5.74, 6) is 0.0733. The summed E-state index contributed by atoms with van der Waals surface area (Å²) in [4.78, 5) is 15.8. The van der Waals surface area contributed by atoms with E-state index in [1.165, 1.54) is 5.56 Å². The Balaban J connectivity index is 1.65. The number of hydrogen-bond acceptors (Lipinski definition) is 3. The number of amides is 1. The van der Waals surface area contributed by atoms with Crippen molar-refractivity contribution in [3.05, 3.63) is 51.4 Å². The summed E-state index contributed by atoms with van der Waals surface area (Å²) in [6.45, 7) is 0.651. The maximum atomic E-state index is 11.6. The number of aromatic nitrogens is 1. The second kappa shape index (κ2) is 7.26. The summed E-state index contributed by atoms with van der Waals surface area (Å²) in [5, 5.41) is 6.58. The van der Waals surface area contributed by atoms with Gasteiger partial charge in [0.25, 0.3) is 0 Å². The third-order valence-corrected chi connectivity index (χ3v) is 3.79. The molecule has 0 aliphatic carbocycles. The fourth-order valence-corrected chi connectivity index (χ4v) is 2.43. The summed E-state index contributed by atoms with van der Waals surface area (Å²) in [6, 6.07) is 7.68. The van der Waals surface area contributed by atoms with Crippen LogP contribution in [0.15, 0.2) is 35.8 Å². The maximum absolute atomic E-state index is 11.6. The third-order valence-electron chi connectivity index (χ3n) is 2.70. The van der Waals surface area contributed by atoms with Crippen LogP contribution in [-0.2, 0) is 17.6 Å². The fraction of sp³-hybridized carbons (Fsp3) is 0.286. The Hall–Kier alpha value is -1.39. The number of carbonyl (C=O) groups is 1. The van der Waals surface area contributed by atoms with Crippen molar-refractivity contribution < 1.29 is 4.79 Å². The first kappa shape index (κ1) is 14.0. The van der Waals surface area contributed by atoms with E-state index in [0.717, 1.165) is 16.5 Å². The number of carbonyl (C=O) groups excluding carboxylic acids is 1. The molecule has 0 saturated heterocycles. The smallest absolute Gasteiger partial charge is 0.220 e. The van der Waals surface area contributed by atoms with E-state index in [0.29, 0.717) is 19.4 Å².